The van der Waals surface area contributed by atoms with Crippen LogP contribution in [0.5, 0.6) is 0 Å². The third kappa shape index (κ3) is 4.44. The minimum Gasteiger partial charge on any atom is -0.468 e. The fourth-order valence-corrected chi connectivity index (χ4v) is 6.56. The molecular formula is C22H26N4O3S2. The zero-order chi connectivity index (χ0) is 21.2. The first-order valence-corrected chi connectivity index (χ1v) is 12.8. The first kappa shape index (κ1) is 20.8. The van der Waals surface area contributed by atoms with E-state index < -0.39 is 0 Å². The van der Waals surface area contributed by atoms with Gasteiger partial charge in [0.15, 0.2) is 0 Å². The Hall–Kier alpha value is -2.10. The number of H-pyrrole nitrogens is 1. The average molecular weight is 459 g/mol. The number of nitrogens with zero attached hydrogens (tertiary/aromatic N) is 2. The van der Waals surface area contributed by atoms with E-state index in [-0.39, 0.29) is 17.5 Å². The largest absolute Gasteiger partial charge is 0.468 e. The van der Waals surface area contributed by atoms with Crippen molar-refractivity contribution in [2.75, 3.05) is 25.4 Å². The van der Waals surface area contributed by atoms with Gasteiger partial charge in [-0.15, -0.1) is 23.1 Å². The first-order chi connectivity index (χ1) is 15.2. The number of aryl methyl sites for hydroxylation is 2. The second-order valence-electron chi connectivity index (χ2n) is 8.12. The van der Waals surface area contributed by atoms with E-state index in [2.05, 4.69) is 20.2 Å². The quantitative estimate of drug-likeness (QED) is 0.538. The number of hydrogen-bond donors (Lipinski definition) is 2. The summed E-state index contributed by atoms with van der Waals surface area (Å²) in [7, 11) is 0. The summed E-state index contributed by atoms with van der Waals surface area (Å²) in [6, 6.07) is 3.94. The van der Waals surface area contributed by atoms with Gasteiger partial charge >= 0.3 is 0 Å². The molecular weight excluding hydrogens is 432 g/mol. The number of thioether (sulfide) groups is 1. The van der Waals surface area contributed by atoms with E-state index in [4.69, 9.17) is 4.42 Å². The highest BCUT2D eigenvalue weighted by atomic mass is 32.2. The smallest absolute Gasteiger partial charge is 0.259 e. The number of thiophene rings is 1. The molecule has 1 saturated heterocycles. The molecule has 1 fully saturated rings. The minimum absolute atomic E-state index is 0.0146. The standard InChI is InChI=1S/C22H26N4O3S2/c27-19(23-11-15(16-6-4-10-29-16)26-8-1-2-9-26)13-30-12-18-24-21(28)20-14-5-3-7-17(14)31-22(20)25-18/h4,6,10,15H,1-3,5,7-9,11-13H2,(H,23,27)(H,24,25,28)/t15-/m1/s1. The SMILES string of the molecule is O=C(CSCc1nc2sc3c(c2c(=O)[nH]1)CCC3)NC[C@H](c1ccco1)N1CCCC1. The van der Waals surface area contributed by atoms with E-state index in [1.807, 2.05) is 12.1 Å². The molecule has 4 heterocycles. The van der Waals surface area contributed by atoms with Gasteiger partial charge in [0.2, 0.25) is 5.91 Å². The van der Waals surface area contributed by atoms with E-state index in [0.29, 0.717) is 23.9 Å². The number of carbonyl (C=O) groups excluding carboxylic acids is 1. The Balaban J connectivity index is 1.15. The predicted molar refractivity (Wildman–Crippen MR) is 124 cm³/mol. The van der Waals surface area contributed by atoms with Crippen LogP contribution in [0.1, 0.15) is 47.3 Å². The van der Waals surface area contributed by atoms with Crippen LogP contribution in [0.3, 0.4) is 0 Å². The molecule has 0 spiro atoms. The van der Waals surface area contributed by atoms with Gasteiger partial charge in [0.25, 0.3) is 5.56 Å². The highest BCUT2D eigenvalue weighted by Gasteiger charge is 2.26. The molecule has 7 nitrogen and oxygen atoms in total. The summed E-state index contributed by atoms with van der Waals surface area (Å²) in [6.45, 7) is 2.60. The molecule has 3 aromatic rings. The van der Waals surface area contributed by atoms with Gasteiger partial charge in [-0.1, -0.05) is 0 Å². The molecule has 0 aromatic carbocycles. The summed E-state index contributed by atoms with van der Waals surface area (Å²) in [4.78, 5) is 37.0. The normalized spacial score (nSPS) is 17.3. The molecule has 9 heteroatoms. The maximum absolute atomic E-state index is 12.5. The lowest BCUT2D eigenvalue weighted by atomic mass is 10.2. The zero-order valence-corrected chi connectivity index (χ0v) is 18.9. The number of amides is 1. The molecule has 2 aliphatic rings. The van der Waals surface area contributed by atoms with Crippen molar-refractivity contribution in [2.24, 2.45) is 0 Å². The molecule has 1 aliphatic heterocycles. The maximum Gasteiger partial charge on any atom is 0.259 e. The molecule has 1 amide bonds. The second kappa shape index (κ2) is 9.18. The van der Waals surface area contributed by atoms with Crippen LogP contribution in [-0.4, -0.2) is 46.2 Å². The third-order valence-electron chi connectivity index (χ3n) is 6.04. The van der Waals surface area contributed by atoms with Crippen molar-refractivity contribution >= 4 is 39.2 Å². The molecule has 164 valence electrons. The number of fused-ring (bicyclic) bond motifs is 3. The van der Waals surface area contributed by atoms with Gasteiger partial charge in [0.1, 0.15) is 16.4 Å². The van der Waals surface area contributed by atoms with Crippen LogP contribution in [0.15, 0.2) is 27.6 Å². The summed E-state index contributed by atoms with van der Waals surface area (Å²) in [6.07, 6.45) is 7.21. The number of likely N-dealkylation sites (tertiary alicyclic amines) is 1. The first-order valence-electron chi connectivity index (χ1n) is 10.8. The minimum atomic E-state index is -0.0450. The van der Waals surface area contributed by atoms with Gasteiger partial charge in [-0.05, 0) is 62.9 Å². The highest BCUT2D eigenvalue weighted by Crippen LogP contribution is 2.34. The van der Waals surface area contributed by atoms with Crippen molar-refractivity contribution in [3.05, 3.63) is 50.8 Å². The van der Waals surface area contributed by atoms with E-state index >= 15 is 0 Å². The lowest BCUT2D eigenvalue weighted by molar-refractivity contribution is -0.118. The van der Waals surface area contributed by atoms with Crippen LogP contribution in [-0.2, 0) is 23.4 Å². The zero-order valence-electron chi connectivity index (χ0n) is 17.3. The monoisotopic (exact) mass is 458 g/mol. The number of carbonyl (C=O) groups is 1. The number of hydrogen-bond acceptors (Lipinski definition) is 7. The molecule has 1 aliphatic carbocycles. The van der Waals surface area contributed by atoms with E-state index in [1.165, 1.54) is 35.0 Å². The van der Waals surface area contributed by atoms with Crippen molar-refractivity contribution < 1.29 is 9.21 Å². The van der Waals surface area contributed by atoms with Gasteiger partial charge in [0.05, 0.1) is 29.2 Å². The van der Waals surface area contributed by atoms with Crippen molar-refractivity contribution in [1.82, 2.24) is 20.2 Å². The Morgan fingerprint density at radius 1 is 1.32 bits per heavy atom. The van der Waals surface area contributed by atoms with Crippen LogP contribution in [0, 0.1) is 0 Å². The van der Waals surface area contributed by atoms with Crippen molar-refractivity contribution in [3.8, 4) is 0 Å². The maximum atomic E-state index is 12.5. The van der Waals surface area contributed by atoms with E-state index in [1.54, 1.807) is 17.6 Å². The summed E-state index contributed by atoms with van der Waals surface area (Å²) in [5, 5.41) is 3.82. The Labute approximate surface area is 188 Å². The molecule has 0 saturated carbocycles. The topological polar surface area (TPSA) is 91.2 Å². The van der Waals surface area contributed by atoms with Crippen molar-refractivity contribution in [2.45, 2.75) is 43.9 Å². The average Bonchev–Trinajstić information content (AvgIpc) is 3.53. The van der Waals surface area contributed by atoms with E-state index in [9.17, 15) is 9.59 Å². The molecule has 0 unspecified atom stereocenters. The molecule has 0 radical (unpaired) electrons. The fourth-order valence-electron chi connectivity index (χ4n) is 4.56. The van der Waals surface area contributed by atoms with Crippen LogP contribution < -0.4 is 10.9 Å². The van der Waals surface area contributed by atoms with Crippen LogP contribution in [0.2, 0.25) is 0 Å². The number of furan rings is 1. The Morgan fingerprint density at radius 2 is 2.19 bits per heavy atom. The lowest BCUT2D eigenvalue weighted by Crippen LogP contribution is -2.37. The summed E-state index contributed by atoms with van der Waals surface area (Å²) < 4.78 is 5.61. The molecule has 5 rings (SSSR count). The van der Waals surface area contributed by atoms with Crippen molar-refractivity contribution in [1.29, 1.82) is 0 Å². The van der Waals surface area contributed by atoms with Crippen molar-refractivity contribution in [3.63, 3.8) is 0 Å². The number of aromatic nitrogens is 2. The Bertz CT molecular complexity index is 1120. The van der Waals surface area contributed by atoms with E-state index in [0.717, 1.165) is 48.3 Å². The summed E-state index contributed by atoms with van der Waals surface area (Å²) >= 11 is 3.11. The van der Waals surface area contributed by atoms with Gasteiger partial charge < -0.3 is 14.7 Å². The third-order valence-corrected chi connectivity index (χ3v) is 8.17. The predicted octanol–water partition coefficient (Wildman–Crippen LogP) is 3.25. The Morgan fingerprint density at radius 3 is 3.00 bits per heavy atom. The molecule has 2 N–H and O–H groups in total. The molecule has 0 bridgehead atoms. The lowest BCUT2D eigenvalue weighted by Gasteiger charge is -2.25. The molecule has 1 atom stereocenters. The van der Waals surface area contributed by atoms with Gasteiger partial charge in [-0.2, -0.15) is 0 Å². The van der Waals surface area contributed by atoms with Gasteiger partial charge in [-0.3, -0.25) is 14.5 Å². The fraction of sp³-hybridized carbons (Fsp3) is 0.500. The molecule has 3 aromatic heterocycles. The summed E-state index contributed by atoms with van der Waals surface area (Å²) in [5.41, 5.74) is 1.15. The second-order valence-corrected chi connectivity index (χ2v) is 10.2. The number of nitrogens with one attached hydrogen (secondary N) is 2. The van der Waals surface area contributed by atoms with Crippen LogP contribution in [0.25, 0.3) is 10.2 Å². The van der Waals surface area contributed by atoms with Crippen LogP contribution in [0.4, 0.5) is 0 Å². The summed E-state index contributed by atoms with van der Waals surface area (Å²) in [5.74, 6) is 2.36. The van der Waals surface area contributed by atoms with Gasteiger partial charge in [-0.25, -0.2) is 4.98 Å². The highest BCUT2D eigenvalue weighted by molar-refractivity contribution is 7.99. The molecule has 31 heavy (non-hydrogen) atoms. The van der Waals surface area contributed by atoms with Gasteiger partial charge in [0, 0.05) is 11.4 Å². The number of rotatable bonds is 8. The van der Waals surface area contributed by atoms with Crippen LogP contribution >= 0.6 is 23.1 Å². The number of aromatic amines is 1. The Kier molecular flexibility index (Phi) is 6.15.